The predicted octanol–water partition coefficient (Wildman–Crippen LogP) is 1.09. The summed E-state index contributed by atoms with van der Waals surface area (Å²) in [5.74, 6) is -0.985. The van der Waals surface area contributed by atoms with Crippen molar-refractivity contribution in [3.8, 4) is 0 Å². The molecular formula is C11H17NO5. The van der Waals surface area contributed by atoms with E-state index in [0.717, 1.165) is 4.90 Å². The summed E-state index contributed by atoms with van der Waals surface area (Å²) >= 11 is 0. The number of carbonyl (C=O) groups is 3. The summed E-state index contributed by atoms with van der Waals surface area (Å²) in [5, 5.41) is 0. The minimum atomic E-state index is -0.867. The van der Waals surface area contributed by atoms with Gasteiger partial charge in [0.15, 0.2) is 0 Å². The Balaban J connectivity index is 2.79. The van der Waals surface area contributed by atoms with Crippen molar-refractivity contribution in [2.75, 3.05) is 7.11 Å². The first-order chi connectivity index (χ1) is 7.76. The topological polar surface area (TPSA) is 72.9 Å². The van der Waals surface area contributed by atoms with E-state index in [0.29, 0.717) is 0 Å². The summed E-state index contributed by atoms with van der Waals surface area (Å²) < 4.78 is 9.63. The van der Waals surface area contributed by atoms with Gasteiger partial charge in [0.1, 0.15) is 11.6 Å². The van der Waals surface area contributed by atoms with Crippen LogP contribution in [0.4, 0.5) is 4.79 Å². The molecule has 0 aromatic rings. The number of amides is 2. The van der Waals surface area contributed by atoms with Gasteiger partial charge in [0.2, 0.25) is 5.91 Å². The molecule has 0 spiro atoms. The molecule has 0 radical (unpaired) electrons. The van der Waals surface area contributed by atoms with Gasteiger partial charge in [-0.15, -0.1) is 0 Å². The van der Waals surface area contributed by atoms with Crippen molar-refractivity contribution in [2.45, 2.75) is 45.3 Å². The molecule has 1 aliphatic rings. The number of carbonyl (C=O) groups excluding carboxylic acids is 3. The van der Waals surface area contributed by atoms with Crippen LogP contribution in [0.3, 0.4) is 0 Å². The number of likely N-dealkylation sites (tertiary alicyclic amines) is 1. The average molecular weight is 243 g/mol. The highest BCUT2D eigenvalue weighted by Crippen LogP contribution is 2.22. The number of rotatable bonds is 1. The molecule has 1 saturated heterocycles. The second kappa shape index (κ2) is 4.73. The van der Waals surface area contributed by atoms with E-state index in [9.17, 15) is 14.4 Å². The summed E-state index contributed by atoms with van der Waals surface area (Å²) in [6.45, 7) is 5.18. The highest BCUT2D eigenvalue weighted by atomic mass is 16.6. The molecule has 0 aromatic carbocycles. The molecule has 1 atom stereocenters. The summed E-state index contributed by atoms with van der Waals surface area (Å²) in [7, 11) is 1.17. The Labute approximate surface area is 99.9 Å². The third kappa shape index (κ3) is 3.18. The van der Waals surface area contributed by atoms with Crippen LogP contribution >= 0.6 is 0 Å². The summed E-state index contributed by atoms with van der Waals surface area (Å²) in [6, 6.07) is -0.867. The van der Waals surface area contributed by atoms with Gasteiger partial charge in [0.25, 0.3) is 0 Å². The van der Waals surface area contributed by atoms with Crippen LogP contribution in [0.2, 0.25) is 0 Å². The van der Waals surface area contributed by atoms with E-state index in [1.165, 1.54) is 7.11 Å². The van der Waals surface area contributed by atoms with E-state index in [4.69, 9.17) is 4.74 Å². The molecule has 6 heteroatoms. The molecule has 0 unspecified atom stereocenters. The standard InChI is InChI=1S/C11H17NO5/c1-11(2,3)17-9(14)7-5-6-8(13)12(7)10(15)16-4/h7H,5-6H2,1-4H3/t7-/m0/s1. The highest BCUT2D eigenvalue weighted by Gasteiger charge is 2.42. The number of hydrogen-bond donors (Lipinski definition) is 0. The molecule has 0 bridgehead atoms. The summed E-state index contributed by atoms with van der Waals surface area (Å²) in [6.07, 6.45) is -0.384. The number of nitrogens with zero attached hydrogens (tertiary/aromatic N) is 1. The maximum atomic E-state index is 11.8. The van der Waals surface area contributed by atoms with Crippen molar-refractivity contribution in [3.05, 3.63) is 0 Å². The second-order valence-electron chi connectivity index (χ2n) is 4.82. The van der Waals surface area contributed by atoms with E-state index >= 15 is 0 Å². The van der Waals surface area contributed by atoms with Gasteiger partial charge in [-0.1, -0.05) is 0 Å². The van der Waals surface area contributed by atoms with Crippen molar-refractivity contribution in [2.24, 2.45) is 0 Å². The van der Waals surface area contributed by atoms with Crippen molar-refractivity contribution >= 4 is 18.0 Å². The summed E-state index contributed by atoms with van der Waals surface area (Å²) in [4.78, 5) is 35.5. The Morgan fingerprint density at radius 2 is 1.94 bits per heavy atom. The van der Waals surface area contributed by atoms with E-state index in [1.807, 2.05) is 0 Å². The van der Waals surface area contributed by atoms with Crippen LogP contribution in [-0.2, 0) is 19.1 Å². The van der Waals surface area contributed by atoms with E-state index in [2.05, 4.69) is 4.74 Å². The fourth-order valence-corrected chi connectivity index (χ4v) is 1.60. The lowest BCUT2D eigenvalue weighted by Crippen LogP contribution is -2.45. The van der Waals surface area contributed by atoms with Crippen molar-refractivity contribution in [1.29, 1.82) is 0 Å². The minimum Gasteiger partial charge on any atom is -0.458 e. The zero-order chi connectivity index (χ0) is 13.2. The number of esters is 1. The van der Waals surface area contributed by atoms with E-state index in [1.54, 1.807) is 20.8 Å². The molecule has 1 fully saturated rings. The van der Waals surface area contributed by atoms with Crippen LogP contribution in [0.25, 0.3) is 0 Å². The largest absolute Gasteiger partial charge is 0.458 e. The first-order valence-corrected chi connectivity index (χ1v) is 5.39. The maximum Gasteiger partial charge on any atom is 0.417 e. The molecule has 6 nitrogen and oxygen atoms in total. The molecule has 1 rings (SSSR count). The fraction of sp³-hybridized carbons (Fsp3) is 0.727. The SMILES string of the molecule is COC(=O)N1C(=O)CC[C@H]1C(=O)OC(C)(C)C. The average Bonchev–Trinajstić information content (AvgIpc) is 2.56. The Morgan fingerprint density at radius 1 is 1.35 bits per heavy atom. The number of imide groups is 1. The van der Waals surface area contributed by atoms with Gasteiger partial charge in [-0.05, 0) is 27.2 Å². The Hall–Kier alpha value is -1.59. The van der Waals surface area contributed by atoms with Crippen LogP contribution < -0.4 is 0 Å². The first-order valence-electron chi connectivity index (χ1n) is 5.39. The first kappa shape index (κ1) is 13.5. The molecule has 96 valence electrons. The van der Waals surface area contributed by atoms with Crippen LogP contribution in [0.15, 0.2) is 0 Å². The monoisotopic (exact) mass is 243 g/mol. The van der Waals surface area contributed by atoms with Crippen LogP contribution in [0, 0.1) is 0 Å². The van der Waals surface area contributed by atoms with Gasteiger partial charge < -0.3 is 9.47 Å². The van der Waals surface area contributed by atoms with Crippen molar-refractivity contribution in [3.63, 3.8) is 0 Å². The van der Waals surface area contributed by atoms with Gasteiger partial charge in [-0.2, -0.15) is 0 Å². The number of ether oxygens (including phenoxy) is 2. The molecule has 0 aliphatic carbocycles. The molecule has 1 aliphatic heterocycles. The fourth-order valence-electron chi connectivity index (χ4n) is 1.60. The molecule has 0 N–H and O–H groups in total. The third-order valence-corrected chi connectivity index (χ3v) is 2.26. The van der Waals surface area contributed by atoms with Crippen molar-refractivity contribution in [1.82, 2.24) is 4.90 Å². The maximum absolute atomic E-state index is 11.8. The predicted molar refractivity (Wildman–Crippen MR) is 58.1 cm³/mol. The zero-order valence-electron chi connectivity index (χ0n) is 10.5. The second-order valence-corrected chi connectivity index (χ2v) is 4.82. The Kier molecular flexibility index (Phi) is 3.75. The lowest BCUT2D eigenvalue weighted by molar-refractivity contribution is -0.161. The highest BCUT2D eigenvalue weighted by molar-refractivity contribution is 5.99. The van der Waals surface area contributed by atoms with Crippen LogP contribution in [0.5, 0.6) is 0 Å². The van der Waals surface area contributed by atoms with Crippen LogP contribution in [-0.4, -0.2) is 41.6 Å². The molecule has 0 saturated carbocycles. The Bertz CT molecular complexity index is 344. The molecule has 2 amide bonds. The van der Waals surface area contributed by atoms with Gasteiger partial charge >= 0.3 is 12.1 Å². The molecule has 0 aromatic heterocycles. The normalized spacial score (nSPS) is 20.4. The minimum absolute atomic E-state index is 0.152. The zero-order valence-corrected chi connectivity index (χ0v) is 10.5. The molecule has 17 heavy (non-hydrogen) atoms. The number of methoxy groups -OCH3 is 1. The lowest BCUT2D eigenvalue weighted by atomic mass is 10.1. The quantitative estimate of drug-likeness (QED) is 0.644. The lowest BCUT2D eigenvalue weighted by Gasteiger charge is -2.25. The van der Waals surface area contributed by atoms with Gasteiger partial charge in [0, 0.05) is 6.42 Å². The molecule has 1 heterocycles. The molecular weight excluding hydrogens is 226 g/mol. The summed E-state index contributed by atoms with van der Waals surface area (Å²) in [5.41, 5.74) is -0.648. The van der Waals surface area contributed by atoms with Gasteiger partial charge in [0.05, 0.1) is 7.11 Å². The van der Waals surface area contributed by atoms with E-state index < -0.39 is 29.6 Å². The third-order valence-electron chi connectivity index (χ3n) is 2.26. The number of hydrogen-bond acceptors (Lipinski definition) is 5. The smallest absolute Gasteiger partial charge is 0.417 e. The van der Waals surface area contributed by atoms with Gasteiger partial charge in [-0.3, -0.25) is 4.79 Å². The van der Waals surface area contributed by atoms with E-state index in [-0.39, 0.29) is 12.8 Å². The van der Waals surface area contributed by atoms with Crippen LogP contribution in [0.1, 0.15) is 33.6 Å². The Morgan fingerprint density at radius 3 is 2.41 bits per heavy atom. The van der Waals surface area contributed by atoms with Crippen molar-refractivity contribution < 1.29 is 23.9 Å². The van der Waals surface area contributed by atoms with Gasteiger partial charge in [-0.25, -0.2) is 14.5 Å².